The number of aliphatic hydroxyl groups is 1. The van der Waals surface area contributed by atoms with Crippen molar-refractivity contribution in [3.05, 3.63) is 66.3 Å². The molecule has 1 heterocycles. The summed E-state index contributed by atoms with van der Waals surface area (Å²) >= 11 is 17.7. The summed E-state index contributed by atoms with van der Waals surface area (Å²) in [6.45, 7) is 0. The third kappa shape index (κ3) is 3.97. The molecule has 1 aliphatic carbocycles. The Bertz CT molecular complexity index is 677. The van der Waals surface area contributed by atoms with Gasteiger partial charge in [0.25, 0.3) is 0 Å². The molecule has 0 saturated carbocycles. The van der Waals surface area contributed by atoms with Gasteiger partial charge in [0.15, 0.2) is 0 Å². The highest BCUT2D eigenvalue weighted by Crippen LogP contribution is 2.41. The van der Waals surface area contributed by atoms with Crippen molar-refractivity contribution in [3.8, 4) is 0 Å². The van der Waals surface area contributed by atoms with Gasteiger partial charge in [-0.05, 0) is 24.8 Å². The molecule has 0 bridgehead atoms. The van der Waals surface area contributed by atoms with Gasteiger partial charge < -0.3 is 9.67 Å². The number of allylic oxidation sites excluding steroid dienone is 2. The number of alkyl halides is 3. The van der Waals surface area contributed by atoms with Crippen molar-refractivity contribution in [1.29, 1.82) is 0 Å². The van der Waals surface area contributed by atoms with E-state index in [1.54, 1.807) is 24.7 Å². The topological polar surface area (TPSA) is 38.0 Å². The largest absolute Gasteiger partial charge is 0.386 e. The molecular weight excluding hydrogens is 367 g/mol. The number of hydrogen-bond donors (Lipinski definition) is 1. The highest BCUT2D eigenvalue weighted by atomic mass is 35.6. The standard InChI is InChI=1S/C18H19Cl3N2O/c19-18(20,21)15-8-6-14(7-9-15)17(24)16(23-11-10-22-12-23)13-4-2-1-3-5-13/h2,4,6-13,16-17,24H,1,3,5H2. The molecule has 3 unspecified atom stereocenters. The summed E-state index contributed by atoms with van der Waals surface area (Å²) in [5.74, 6) is 0.260. The molecule has 3 nitrogen and oxygen atoms in total. The lowest BCUT2D eigenvalue weighted by atomic mass is 9.84. The number of benzene rings is 1. The molecular formula is C18H19Cl3N2O. The van der Waals surface area contributed by atoms with E-state index < -0.39 is 9.90 Å². The van der Waals surface area contributed by atoms with Gasteiger partial charge in [-0.15, -0.1) is 0 Å². The molecule has 0 radical (unpaired) electrons. The fourth-order valence-corrected chi connectivity index (χ4v) is 3.63. The van der Waals surface area contributed by atoms with Crippen molar-refractivity contribution in [2.45, 2.75) is 35.2 Å². The van der Waals surface area contributed by atoms with Crippen LogP contribution in [0.15, 0.2) is 55.1 Å². The van der Waals surface area contributed by atoms with Crippen molar-refractivity contribution in [2.75, 3.05) is 0 Å². The molecule has 6 heteroatoms. The van der Waals surface area contributed by atoms with Gasteiger partial charge in [-0.2, -0.15) is 0 Å². The third-order valence-corrected chi connectivity index (χ3v) is 5.16. The van der Waals surface area contributed by atoms with Gasteiger partial charge in [0.05, 0.1) is 12.4 Å². The second-order valence-corrected chi connectivity index (χ2v) is 8.37. The summed E-state index contributed by atoms with van der Waals surface area (Å²) in [5, 5.41) is 11.0. The normalized spacial score (nSPS) is 20.8. The van der Waals surface area contributed by atoms with Crippen molar-refractivity contribution >= 4 is 34.8 Å². The highest BCUT2D eigenvalue weighted by molar-refractivity contribution is 6.66. The molecule has 0 fully saturated rings. The van der Waals surface area contributed by atoms with Gasteiger partial charge in [0.2, 0.25) is 3.79 Å². The van der Waals surface area contributed by atoms with Crippen LogP contribution in [-0.2, 0) is 3.79 Å². The number of rotatable bonds is 4. The second kappa shape index (κ2) is 7.49. The number of halogens is 3. The number of nitrogens with zero attached hydrogens (tertiary/aromatic N) is 2. The van der Waals surface area contributed by atoms with Gasteiger partial charge >= 0.3 is 0 Å². The summed E-state index contributed by atoms with van der Waals surface area (Å²) < 4.78 is 0.521. The molecule has 3 atom stereocenters. The van der Waals surface area contributed by atoms with E-state index >= 15 is 0 Å². The second-order valence-electron chi connectivity index (χ2n) is 6.09. The maximum Gasteiger partial charge on any atom is 0.216 e. The third-order valence-electron chi connectivity index (χ3n) is 4.50. The first kappa shape index (κ1) is 17.8. The van der Waals surface area contributed by atoms with E-state index in [2.05, 4.69) is 17.1 Å². The quantitative estimate of drug-likeness (QED) is 0.570. The smallest absolute Gasteiger partial charge is 0.216 e. The van der Waals surface area contributed by atoms with Crippen LogP contribution >= 0.6 is 34.8 Å². The van der Waals surface area contributed by atoms with E-state index in [9.17, 15) is 5.11 Å². The zero-order valence-electron chi connectivity index (χ0n) is 13.0. The lowest BCUT2D eigenvalue weighted by molar-refractivity contribution is 0.0857. The van der Waals surface area contributed by atoms with Gasteiger partial charge in [0, 0.05) is 23.9 Å². The Balaban J connectivity index is 1.89. The molecule has 3 rings (SSSR count). The predicted octanol–water partition coefficient (Wildman–Crippen LogP) is 5.34. The van der Waals surface area contributed by atoms with Crippen LogP contribution in [0.2, 0.25) is 0 Å². The zero-order chi connectivity index (χ0) is 17.2. The van der Waals surface area contributed by atoms with E-state index in [1.807, 2.05) is 22.9 Å². The zero-order valence-corrected chi connectivity index (χ0v) is 15.3. The monoisotopic (exact) mass is 384 g/mol. The fraction of sp³-hybridized carbons (Fsp3) is 0.389. The Hall–Kier alpha value is -1.00. The van der Waals surface area contributed by atoms with Gasteiger partial charge in [-0.3, -0.25) is 0 Å². The Morgan fingerprint density at radius 2 is 1.96 bits per heavy atom. The summed E-state index contributed by atoms with van der Waals surface area (Å²) in [7, 11) is 0. The van der Waals surface area contributed by atoms with E-state index in [0.29, 0.717) is 5.56 Å². The van der Waals surface area contributed by atoms with E-state index in [0.717, 1.165) is 24.8 Å². The van der Waals surface area contributed by atoms with Gasteiger partial charge in [-0.1, -0.05) is 71.2 Å². The minimum atomic E-state index is -1.46. The average molecular weight is 386 g/mol. The Kier molecular flexibility index (Phi) is 5.56. The van der Waals surface area contributed by atoms with E-state index in [1.165, 1.54) is 0 Å². The van der Waals surface area contributed by atoms with Gasteiger partial charge in [0.1, 0.15) is 6.10 Å². The predicted molar refractivity (Wildman–Crippen MR) is 98.4 cm³/mol. The maximum absolute atomic E-state index is 11.0. The van der Waals surface area contributed by atoms with Crippen molar-refractivity contribution < 1.29 is 5.11 Å². The summed E-state index contributed by atoms with van der Waals surface area (Å²) in [6.07, 6.45) is 12.4. The van der Waals surface area contributed by atoms with Crippen LogP contribution in [-0.4, -0.2) is 14.7 Å². The Morgan fingerprint density at radius 3 is 2.50 bits per heavy atom. The SMILES string of the molecule is OC(c1ccc(C(Cl)(Cl)Cl)cc1)C(C1C=CCCC1)n1ccnc1. The molecule has 2 aromatic rings. The Labute approximate surface area is 156 Å². The van der Waals surface area contributed by atoms with E-state index in [4.69, 9.17) is 34.8 Å². The van der Waals surface area contributed by atoms with Crippen molar-refractivity contribution in [2.24, 2.45) is 5.92 Å². The fourth-order valence-electron chi connectivity index (χ4n) is 3.25. The van der Waals surface area contributed by atoms with Crippen LogP contribution in [0.4, 0.5) is 0 Å². The number of aromatic nitrogens is 2. The molecule has 1 N–H and O–H groups in total. The first-order chi connectivity index (χ1) is 11.5. The first-order valence-electron chi connectivity index (χ1n) is 7.96. The lowest BCUT2D eigenvalue weighted by Gasteiger charge is -2.32. The molecule has 1 aromatic carbocycles. The number of hydrogen-bond acceptors (Lipinski definition) is 2. The molecule has 0 saturated heterocycles. The summed E-state index contributed by atoms with van der Waals surface area (Å²) in [5.41, 5.74) is 1.38. The minimum Gasteiger partial charge on any atom is -0.386 e. The minimum absolute atomic E-state index is 0.109. The van der Waals surface area contributed by atoms with Gasteiger partial charge in [-0.25, -0.2) is 4.98 Å². The molecule has 128 valence electrons. The van der Waals surface area contributed by atoms with E-state index in [-0.39, 0.29) is 12.0 Å². The summed E-state index contributed by atoms with van der Waals surface area (Å²) in [4.78, 5) is 4.14. The van der Waals surface area contributed by atoms with Crippen molar-refractivity contribution in [3.63, 3.8) is 0 Å². The highest BCUT2D eigenvalue weighted by Gasteiger charge is 2.30. The van der Waals surface area contributed by atoms with Crippen LogP contribution < -0.4 is 0 Å². The molecule has 0 aliphatic heterocycles. The van der Waals surface area contributed by atoms with Crippen LogP contribution in [0.5, 0.6) is 0 Å². The molecule has 1 aromatic heterocycles. The maximum atomic E-state index is 11.0. The van der Waals surface area contributed by atoms with Crippen molar-refractivity contribution in [1.82, 2.24) is 9.55 Å². The molecule has 24 heavy (non-hydrogen) atoms. The molecule has 0 spiro atoms. The van der Waals surface area contributed by atoms with Crippen LogP contribution in [0.25, 0.3) is 0 Å². The summed E-state index contributed by atoms with van der Waals surface area (Å²) in [6, 6.07) is 7.01. The first-order valence-corrected chi connectivity index (χ1v) is 9.09. The van der Waals surface area contributed by atoms with Crippen LogP contribution in [0.3, 0.4) is 0 Å². The number of imidazole rings is 1. The average Bonchev–Trinajstić information content (AvgIpc) is 3.09. The molecule has 1 aliphatic rings. The van der Waals surface area contributed by atoms with Crippen LogP contribution in [0.1, 0.15) is 42.5 Å². The number of aliphatic hydroxyl groups excluding tert-OH is 1. The Morgan fingerprint density at radius 1 is 1.21 bits per heavy atom. The van der Waals surface area contributed by atoms with Crippen LogP contribution in [0, 0.1) is 5.92 Å². The molecule has 0 amide bonds. The lowest BCUT2D eigenvalue weighted by Crippen LogP contribution is -2.25.